The fraction of sp³-hybridized carbons (Fsp3) is 0.500. The molecule has 0 amide bonds. The summed E-state index contributed by atoms with van der Waals surface area (Å²) in [6.07, 6.45) is 4.65. The van der Waals surface area contributed by atoms with Crippen molar-refractivity contribution in [1.82, 2.24) is 0 Å². The summed E-state index contributed by atoms with van der Waals surface area (Å²) in [6, 6.07) is 0. The highest BCUT2D eigenvalue weighted by Crippen LogP contribution is 2.31. The van der Waals surface area contributed by atoms with Gasteiger partial charge in [-0.1, -0.05) is 13.2 Å². The molecule has 0 saturated heterocycles. The van der Waals surface area contributed by atoms with Crippen LogP contribution >= 0.6 is 0 Å². The molecule has 0 unspecified atom stereocenters. The van der Waals surface area contributed by atoms with E-state index < -0.39 is 0 Å². The van der Waals surface area contributed by atoms with Crippen molar-refractivity contribution in [2.24, 2.45) is 0 Å². The van der Waals surface area contributed by atoms with E-state index in [1.165, 1.54) is 28.9 Å². The molecule has 0 aromatic rings. The van der Waals surface area contributed by atoms with E-state index in [4.69, 9.17) is 0 Å². The van der Waals surface area contributed by atoms with Gasteiger partial charge in [-0.3, -0.25) is 0 Å². The van der Waals surface area contributed by atoms with Crippen LogP contribution < -0.4 is 0 Å². The monoisotopic (exact) mass is 202 g/mol. The lowest BCUT2D eigenvalue weighted by Crippen LogP contribution is -2.45. The van der Waals surface area contributed by atoms with Crippen LogP contribution in [0.4, 0.5) is 0 Å². The molecule has 0 radical (unpaired) electrons. The number of allylic oxidation sites excluding steroid dienone is 3. The molecule has 80 valence electrons. The Morgan fingerprint density at radius 2 is 2.00 bits per heavy atom. The molecule has 2 aliphatic rings. The molecule has 0 aromatic carbocycles. The summed E-state index contributed by atoms with van der Waals surface area (Å²) in [6.45, 7) is 16.2. The van der Waals surface area contributed by atoms with E-state index in [0.717, 1.165) is 13.0 Å². The molecule has 0 aliphatic carbocycles. The molecule has 0 N–H and O–H groups in total. The zero-order valence-corrected chi connectivity index (χ0v) is 10.1. The minimum atomic E-state index is 0.115. The third-order valence-corrected chi connectivity index (χ3v) is 3.49. The lowest BCUT2D eigenvalue weighted by Gasteiger charge is -2.31. The van der Waals surface area contributed by atoms with Crippen molar-refractivity contribution < 1.29 is 4.58 Å². The van der Waals surface area contributed by atoms with Gasteiger partial charge >= 0.3 is 0 Å². The van der Waals surface area contributed by atoms with Crippen LogP contribution in [0.15, 0.2) is 36.0 Å². The van der Waals surface area contributed by atoms with Gasteiger partial charge in [-0.15, -0.1) is 0 Å². The van der Waals surface area contributed by atoms with Crippen molar-refractivity contribution in [3.63, 3.8) is 0 Å². The Morgan fingerprint density at radius 1 is 1.33 bits per heavy atom. The molecule has 15 heavy (non-hydrogen) atoms. The maximum atomic E-state index is 4.19. The lowest BCUT2D eigenvalue weighted by molar-refractivity contribution is -0.590. The Labute approximate surface area is 92.5 Å². The van der Waals surface area contributed by atoms with Crippen LogP contribution in [0, 0.1) is 0 Å². The summed E-state index contributed by atoms with van der Waals surface area (Å²) >= 11 is 0. The standard InChI is InChI=1S/C14H20N/c1-10-7-6-8-15-13(10)12(3)11(2)9-14(15,4)5/h9H,1,3,6-8H2,2,4-5H3/q+1. The van der Waals surface area contributed by atoms with Gasteiger partial charge in [0.2, 0.25) is 5.71 Å². The quantitative estimate of drug-likeness (QED) is 0.531. The number of hydrogen-bond donors (Lipinski definition) is 0. The van der Waals surface area contributed by atoms with E-state index >= 15 is 0 Å². The molecule has 0 bridgehead atoms. The van der Waals surface area contributed by atoms with Crippen LogP contribution in [0.5, 0.6) is 0 Å². The zero-order chi connectivity index (χ0) is 11.2. The predicted octanol–water partition coefficient (Wildman–Crippen LogP) is 3.08. The molecule has 0 fully saturated rings. The van der Waals surface area contributed by atoms with Crippen LogP contribution in [0.2, 0.25) is 0 Å². The first kappa shape index (κ1) is 10.4. The number of hydrogen-bond acceptors (Lipinski definition) is 0. The van der Waals surface area contributed by atoms with Crippen molar-refractivity contribution in [3.05, 3.63) is 36.0 Å². The molecule has 0 atom stereocenters. The van der Waals surface area contributed by atoms with Crippen molar-refractivity contribution in [2.75, 3.05) is 6.54 Å². The first-order chi connectivity index (χ1) is 6.93. The fourth-order valence-corrected chi connectivity index (χ4v) is 2.71. The fourth-order valence-electron chi connectivity index (χ4n) is 2.71. The SMILES string of the molecule is C=C1CCC[N+]2=C1C(=C)C(C)=CC2(C)C. The maximum Gasteiger partial charge on any atom is 0.210 e. The Hall–Kier alpha value is -1.11. The van der Waals surface area contributed by atoms with Crippen molar-refractivity contribution in [3.8, 4) is 0 Å². The molecular formula is C14H20N+. The third kappa shape index (κ3) is 1.50. The molecular weight excluding hydrogens is 182 g/mol. The van der Waals surface area contributed by atoms with E-state index in [1.807, 2.05) is 0 Å². The summed E-state index contributed by atoms with van der Waals surface area (Å²) < 4.78 is 2.45. The van der Waals surface area contributed by atoms with Gasteiger partial charge in [0.05, 0.1) is 0 Å². The molecule has 1 nitrogen and oxygen atoms in total. The van der Waals surface area contributed by atoms with Crippen LogP contribution in [0.1, 0.15) is 33.6 Å². The summed E-state index contributed by atoms with van der Waals surface area (Å²) in [7, 11) is 0. The van der Waals surface area contributed by atoms with Crippen molar-refractivity contribution in [1.29, 1.82) is 0 Å². The first-order valence-corrected chi connectivity index (χ1v) is 5.65. The summed E-state index contributed by atoms with van der Waals surface area (Å²) in [5.41, 5.74) is 5.13. The maximum absolute atomic E-state index is 4.19. The van der Waals surface area contributed by atoms with Gasteiger partial charge in [0.25, 0.3) is 0 Å². The smallest absolute Gasteiger partial charge is 0.210 e. The van der Waals surface area contributed by atoms with Gasteiger partial charge in [-0.2, -0.15) is 0 Å². The summed E-state index contributed by atoms with van der Waals surface area (Å²) in [4.78, 5) is 0. The normalized spacial score (nSPS) is 25.1. The molecule has 0 spiro atoms. The minimum Gasteiger partial charge on any atom is -0.221 e. The molecule has 2 rings (SSSR count). The number of nitrogens with zero attached hydrogens (tertiary/aromatic N) is 1. The summed E-state index contributed by atoms with van der Waals surface area (Å²) in [5, 5.41) is 0. The molecule has 2 aliphatic heterocycles. The highest BCUT2D eigenvalue weighted by atomic mass is 15.1. The second-order valence-corrected chi connectivity index (χ2v) is 5.17. The summed E-state index contributed by atoms with van der Waals surface area (Å²) in [5.74, 6) is 0. The largest absolute Gasteiger partial charge is 0.221 e. The Bertz CT molecular complexity index is 405. The average Bonchev–Trinajstić information content (AvgIpc) is 2.14. The van der Waals surface area contributed by atoms with E-state index in [0.29, 0.717) is 0 Å². The van der Waals surface area contributed by atoms with Crippen LogP contribution in [-0.2, 0) is 0 Å². The van der Waals surface area contributed by atoms with E-state index in [9.17, 15) is 0 Å². The predicted molar refractivity (Wildman–Crippen MR) is 65.5 cm³/mol. The first-order valence-electron chi connectivity index (χ1n) is 5.65. The van der Waals surface area contributed by atoms with E-state index in [2.05, 4.69) is 44.6 Å². The van der Waals surface area contributed by atoms with Gasteiger partial charge in [0.1, 0.15) is 6.54 Å². The number of rotatable bonds is 0. The van der Waals surface area contributed by atoms with E-state index in [-0.39, 0.29) is 5.54 Å². The van der Waals surface area contributed by atoms with Gasteiger partial charge in [0.15, 0.2) is 5.54 Å². The van der Waals surface area contributed by atoms with Gasteiger partial charge in [0, 0.05) is 31.4 Å². The molecule has 0 saturated carbocycles. The Kier molecular flexibility index (Phi) is 2.22. The van der Waals surface area contributed by atoms with Crippen molar-refractivity contribution >= 4 is 5.71 Å². The minimum absolute atomic E-state index is 0.115. The Balaban J connectivity index is 2.60. The van der Waals surface area contributed by atoms with E-state index in [1.54, 1.807) is 0 Å². The topological polar surface area (TPSA) is 3.01 Å². The third-order valence-electron chi connectivity index (χ3n) is 3.49. The van der Waals surface area contributed by atoms with Crippen LogP contribution in [-0.4, -0.2) is 22.4 Å². The van der Waals surface area contributed by atoms with Crippen LogP contribution in [0.3, 0.4) is 0 Å². The van der Waals surface area contributed by atoms with Gasteiger partial charge in [-0.25, -0.2) is 4.58 Å². The highest BCUT2D eigenvalue weighted by Gasteiger charge is 2.39. The molecule has 0 aromatic heterocycles. The lowest BCUT2D eigenvalue weighted by atomic mass is 9.84. The highest BCUT2D eigenvalue weighted by molar-refractivity contribution is 6.11. The zero-order valence-electron chi connectivity index (χ0n) is 10.1. The second-order valence-electron chi connectivity index (χ2n) is 5.17. The molecule has 1 heteroatoms. The van der Waals surface area contributed by atoms with Gasteiger partial charge in [-0.05, 0) is 25.0 Å². The van der Waals surface area contributed by atoms with Gasteiger partial charge < -0.3 is 0 Å². The second kappa shape index (κ2) is 3.19. The molecule has 2 heterocycles. The van der Waals surface area contributed by atoms with Crippen LogP contribution in [0.25, 0.3) is 0 Å². The van der Waals surface area contributed by atoms with Crippen molar-refractivity contribution in [2.45, 2.75) is 39.2 Å². The average molecular weight is 202 g/mol. The Morgan fingerprint density at radius 3 is 2.67 bits per heavy atom.